The molecule has 0 saturated heterocycles. The molecule has 0 saturated carbocycles. The van der Waals surface area contributed by atoms with Crippen molar-refractivity contribution in [2.45, 2.75) is 25.4 Å². The maximum atomic E-state index is 12.4. The van der Waals surface area contributed by atoms with Crippen LogP contribution in [0.4, 0.5) is 26.3 Å². The van der Waals surface area contributed by atoms with Gasteiger partial charge in [0, 0.05) is 0 Å². The molecule has 0 aliphatic carbocycles. The van der Waals surface area contributed by atoms with Crippen LogP contribution in [0.1, 0.15) is 22.8 Å². The van der Waals surface area contributed by atoms with Gasteiger partial charge >= 0.3 is 18.3 Å². The molecule has 1 unspecified atom stereocenters. The third-order valence-electron chi connectivity index (χ3n) is 2.30. The predicted molar refractivity (Wildman–Crippen MR) is 54.5 cm³/mol. The SMILES string of the molecule is CC(Oc1ccc(C(F)(F)F)cc1C(=O)O)C(F)(F)F. The normalized spacial score (nSPS) is 13.9. The summed E-state index contributed by atoms with van der Waals surface area (Å²) in [5.41, 5.74) is -2.28. The molecule has 0 fully saturated rings. The van der Waals surface area contributed by atoms with Crippen LogP contribution in [-0.2, 0) is 6.18 Å². The Morgan fingerprint density at radius 2 is 1.75 bits per heavy atom. The minimum atomic E-state index is -4.81. The standard InChI is InChI=1S/C11H8F6O3/c1-5(10(12,13)14)20-8-3-2-6(11(15,16)17)4-7(8)9(18)19/h2-5H,1H3,(H,18,19). The number of carboxylic acid groups (broad SMARTS) is 1. The lowest BCUT2D eigenvalue weighted by Gasteiger charge is -2.19. The largest absolute Gasteiger partial charge is 0.480 e. The quantitative estimate of drug-likeness (QED) is 0.865. The van der Waals surface area contributed by atoms with Gasteiger partial charge in [-0.15, -0.1) is 0 Å². The molecule has 20 heavy (non-hydrogen) atoms. The maximum absolute atomic E-state index is 12.4. The fourth-order valence-electron chi connectivity index (χ4n) is 1.23. The number of carbonyl (C=O) groups is 1. The van der Waals surface area contributed by atoms with Gasteiger partial charge in [-0.1, -0.05) is 0 Å². The van der Waals surface area contributed by atoms with Crippen LogP contribution >= 0.6 is 0 Å². The summed E-state index contributed by atoms with van der Waals surface area (Å²) in [6.07, 6.45) is -11.9. The molecule has 0 bridgehead atoms. The molecule has 1 N–H and O–H groups in total. The minimum Gasteiger partial charge on any atom is -0.480 e. The smallest absolute Gasteiger partial charge is 0.425 e. The second kappa shape index (κ2) is 5.22. The van der Waals surface area contributed by atoms with Crippen molar-refractivity contribution in [2.75, 3.05) is 0 Å². The van der Waals surface area contributed by atoms with E-state index in [1.165, 1.54) is 0 Å². The van der Waals surface area contributed by atoms with Gasteiger partial charge in [0.15, 0.2) is 6.10 Å². The summed E-state index contributed by atoms with van der Waals surface area (Å²) in [5.74, 6) is -2.60. The predicted octanol–water partition coefficient (Wildman–Crippen LogP) is 3.73. The molecular weight excluding hydrogens is 294 g/mol. The highest BCUT2D eigenvalue weighted by Gasteiger charge is 2.39. The Hall–Kier alpha value is -1.93. The zero-order valence-electron chi connectivity index (χ0n) is 9.84. The van der Waals surface area contributed by atoms with Crippen molar-refractivity contribution in [1.29, 1.82) is 0 Å². The molecule has 0 spiro atoms. The minimum absolute atomic E-state index is 0.223. The van der Waals surface area contributed by atoms with Crippen LogP contribution in [0.25, 0.3) is 0 Å². The Morgan fingerprint density at radius 3 is 2.15 bits per heavy atom. The van der Waals surface area contributed by atoms with E-state index in [1.807, 2.05) is 0 Å². The third-order valence-corrected chi connectivity index (χ3v) is 2.30. The molecular formula is C11H8F6O3. The van der Waals surface area contributed by atoms with E-state index in [0.717, 1.165) is 0 Å². The molecule has 1 atom stereocenters. The van der Waals surface area contributed by atoms with Crippen LogP contribution in [0.2, 0.25) is 0 Å². The van der Waals surface area contributed by atoms with Crippen molar-refractivity contribution in [1.82, 2.24) is 0 Å². The van der Waals surface area contributed by atoms with E-state index in [-0.39, 0.29) is 6.07 Å². The van der Waals surface area contributed by atoms with E-state index in [1.54, 1.807) is 0 Å². The first-order chi connectivity index (χ1) is 8.93. The van der Waals surface area contributed by atoms with Crippen molar-refractivity contribution in [3.8, 4) is 5.75 Å². The molecule has 1 aromatic rings. The molecule has 1 rings (SSSR count). The van der Waals surface area contributed by atoms with Gasteiger partial charge in [0.25, 0.3) is 0 Å². The lowest BCUT2D eigenvalue weighted by atomic mass is 10.1. The van der Waals surface area contributed by atoms with Crippen molar-refractivity contribution >= 4 is 5.97 Å². The topological polar surface area (TPSA) is 46.5 Å². The molecule has 0 aliphatic heterocycles. The van der Waals surface area contributed by atoms with Gasteiger partial charge in [0.05, 0.1) is 5.56 Å². The van der Waals surface area contributed by atoms with Crippen molar-refractivity contribution < 1.29 is 41.0 Å². The van der Waals surface area contributed by atoms with E-state index in [4.69, 9.17) is 5.11 Å². The Kier molecular flexibility index (Phi) is 4.21. The van der Waals surface area contributed by atoms with Crippen LogP contribution < -0.4 is 4.74 Å². The average molecular weight is 302 g/mol. The van der Waals surface area contributed by atoms with Gasteiger partial charge in [-0.3, -0.25) is 0 Å². The first-order valence-electron chi connectivity index (χ1n) is 5.11. The molecule has 9 heteroatoms. The van der Waals surface area contributed by atoms with Crippen molar-refractivity contribution in [2.24, 2.45) is 0 Å². The molecule has 0 amide bonds. The Labute approximate surface area is 108 Å². The number of hydrogen-bond donors (Lipinski definition) is 1. The van der Waals surface area contributed by atoms with Gasteiger partial charge in [0.1, 0.15) is 11.3 Å². The molecule has 0 aliphatic rings. The monoisotopic (exact) mass is 302 g/mol. The van der Waals surface area contributed by atoms with E-state index in [0.29, 0.717) is 19.1 Å². The second-order valence-electron chi connectivity index (χ2n) is 3.82. The highest BCUT2D eigenvalue weighted by Crippen LogP contribution is 2.34. The number of hydrogen-bond acceptors (Lipinski definition) is 2. The van der Waals surface area contributed by atoms with Crippen LogP contribution in [0.15, 0.2) is 18.2 Å². The summed E-state index contributed by atoms with van der Waals surface area (Å²) in [4.78, 5) is 10.8. The molecule has 1 aromatic carbocycles. The first-order valence-corrected chi connectivity index (χ1v) is 5.11. The van der Waals surface area contributed by atoms with Crippen LogP contribution in [0.5, 0.6) is 5.75 Å². The lowest BCUT2D eigenvalue weighted by molar-refractivity contribution is -0.189. The van der Waals surface area contributed by atoms with E-state index < -0.39 is 41.3 Å². The highest BCUT2D eigenvalue weighted by atomic mass is 19.4. The summed E-state index contributed by atoms with van der Waals surface area (Å²) in [6, 6.07) is 1.22. The molecule has 0 aromatic heterocycles. The van der Waals surface area contributed by atoms with Gasteiger partial charge < -0.3 is 9.84 Å². The first kappa shape index (κ1) is 16.1. The van der Waals surface area contributed by atoms with E-state index in [2.05, 4.69) is 4.74 Å². The number of halogens is 6. The van der Waals surface area contributed by atoms with E-state index >= 15 is 0 Å². The van der Waals surface area contributed by atoms with Crippen LogP contribution in [0, 0.1) is 0 Å². The fraction of sp³-hybridized carbons (Fsp3) is 0.364. The second-order valence-corrected chi connectivity index (χ2v) is 3.82. The van der Waals surface area contributed by atoms with Gasteiger partial charge in [-0.05, 0) is 25.1 Å². The maximum Gasteiger partial charge on any atom is 0.425 e. The summed E-state index contributed by atoms with van der Waals surface area (Å²) in [6.45, 7) is 0.614. The Morgan fingerprint density at radius 1 is 1.20 bits per heavy atom. The summed E-state index contributed by atoms with van der Waals surface area (Å²) in [5, 5.41) is 8.74. The number of carboxylic acids is 1. The average Bonchev–Trinajstić information content (AvgIpc) is 2.26. The van der Waals surface area contributed by atoms with Crippen molar-refractivity contribution in [3.05, 3.63) is 29.3 Å². The van der Waals surface area contributed by atoms with Crippen molar-refractivity contribution in [3.63, 3.8) is 0 Å². The lowest BCUT2D eigenvalue weighted by Crippen LogP contribution is -2.31. The zero-order valence-corrected chi connectivity index (χ0v) is 9.84. The third kappa shape index (κ3) is 3.78. The van der Waals surface area contributed by atoms with Crippen LogP contribution in [-0.4, -0.2) is 23.4 Å². The highest BCUT2D eigenvalue weighted by molar-refractivity contribution is 5.91. The number of ether oxygens (including phenoxy) is 1. The molecule has 112 valence electrons. The molecule has 3 nitrogen and oxygen atoms in total. The summed E-state index contributed by atoms with van der Waals surface area (Å²) < 4.78 is 78.4. The summed E-state index contributed by atoms with van der Waals surface area (Å²) >= 11 is 0. The number of alkyl halides is 6. The van der Waals surface area contributed by atoms with Gasteiger partial charge in [-0.2, -0.15) is 26.3 Å². The van der Waals surface area contributed by atoms with Gasteiger partial charge in [0.2, 0.25) is 0 Å². The zero-order chi connectivity index (χ0) is 15.7. The molecule has 0 radical (unpaired) electrons. The molecule has 0 heterocycles. The number of rotatable bonds is 3. The summed E-state index contributed by atoms with van der Waals surface area (Å²) in [7, 11) is 0. The number of benzene rings is 1. The number of aromatic carboxylic acids is 1. The Balaban J connectivity index is 3.18. The van der Waals surface area contributed by atoms with Gasteiger partial charge in [-0.25, -0.2) is 4.79 Å². The fourth-order valence-corrected chi connectivity index (χ4v) is 1.23. The van der Waals surface area contributed by atoms with Crippen LogP contribution in [0.3, 0.4) is 0 Å². The Bertz CT molecular complexity index is 506. The van der Waals surface area contributed by atoms with E-state index in [9.17, 15) is 31.1 Å².